The summed E-state index contributed by atoms with van der Waals surface area (Å²) in [5.74, 6) is 0.802. The van der Waals surface area contributed by atoms with E-state index in [2.05, 4.69) is 0 Å². The second kappa shape index (κ2) is 10.2. The highest BCUT2D eigenvalue weighted by molar-refractivity contribution is 5.96. The van der Waals surface area contributed by atoms with Crippen molar-refractivity contribution in [2.24, 2.45) is 0 Å². The number of rotatable bonds is 10. The van der Waals surface area contributed by atoms with Crippen molar-refractivity contribution in [2.75, 3.05) is 33.5 Å². The number of hydrogen-bond donors (Lipinski definition) is 0. The number of esters is 1. The van der Waals surface area contributed by atoms with Crippen LogP contribution in [0.15, 0.2) is 48.5 Å². The van der Waals surface area contributed by atoms with Crippen LogP contribution in [0.2, 0.25) is 0 Å². The Hall–Kier alpha value is -2.86. The molecule has 2 aromatic carbocycles. The highest BCUT2D eigenvalue weighted by Gasteiger charge is 2.08. The monoisotopic (exact) mass is 358 g/mol. The number of ether oxygens (including phenoxy) is 4. The fourth-order valence-corrected chi connectivity index (χ4v) is 2.11. The van der Waals surface area contributed by atoms with Gasteiger partial charge in [-0.1, -0.05) is 18.2 Å². The van der Waals surface area contributed by atoms with E-state index in [9.17, 15) is 9.59 Å². The first-order valence-corrected chi connectivity index (χ1v) is 8.23. The SMILES string of the molecule is COCCOc1cccc(OCCOC(=O)c2ccc(C(C)=O)cc2)c1. The van der Waals surface area contributed by atoms with Gasteiger partial charge in [0.2, 0.25) is 0 Å². The Bertz CT molecular complexity index is 723. The molecule has 0 heterocycles. The lowest BCUT2D eigenvalue weighted by atomic mass is 10.1. The molecule has 0 aliphatic rings. The van der Waals surface area contributed by atoms with Crippen molar-refractivity contribution in [2.45, 2.75) is 6.92 Å². The van der Waals surface area contributed by atoms with Crippen molar-refractivity contribution >= 4 is 11.8 Å². The molecule has 0 aliphatic carbocycles. The van der Waals surface area contributed by atoms with Crippen molar-refractivity contribution in [1.82, 2.24) is 0 Å². The van der Waals surface area contributed by atoms with Crippen LogP contribution in [0.5, 0.6) is 11.5 Å². The Labute approximate surface area is 152 Å². The topological polar surface area (TPSA) is 71.1 Å². The summed E-state index contributed by atoms with van der Waals surface area (Å²) >= 11 is 0. The summed E-state index contributed by atoms with van der Waals surface area (Å²) < 4.78 is 21.2. The zero-order chi connectivity index (χ0) is 18.8. The molecule has 6 nitrogen and oxygen atoms in total. The van der Waals surface area contributed by atoms with Crippen molar-refractivity contribution in [1.29, 1.82) is 0 Å². The second-order valence-electron chi connectivity index (χ2n) is 5.43. The highest BCUT2D eigenvalue weighted by atomic mass is 16.6. The molecule has 138 valence electrons. The van der Waals surface area contributed by atoms with E-state index in [1.165, 1.54) is 6.92 Å². The van der Waals surface area contributed by atoms with E-state index >= 15 is 0 Å². The lowest BCUT2D eigenvalue weighted by Gasteiger charge is -2.10. The third kappa shape index (κ3) is 6.22. The molecule has 0 saturated carbocycles. The molecule has 0 amide bonds. The van der Waals surface area contributed by atoms with E-state index in [1.807, 2.05) is 12.1 Å². The lowest BCUT2D eigenvalue weighted by molar-refractivity contribution is 0.0450. The third-order valence-electron chi connectivity index (χ3n) is 3.47. The molecule has 0 radical (unpaired) electrons. The molecule has 0 N–H and O–H groups in total. The number of carbonyl (C=O) groups is 2. The fourth-order valence-electron chi connectivity index (χ4n) is 2.11. The number of carbonyl (C=O) groups excluding carboxylic acids is 2. The second-order valence-corrected chi connectivity index (χ2v) is 5.43. The van der Waals surface area contributed by atoms with Gasteiger partial charge in [-0.05, 0) is 31.2 Å². The number of ketones is 1. The Morgan fingerprint density at radius 2 is 1.38 bits per heavy atom. The summed E-state index contributed by atoms with van der Waals surface area (Å²) in [6.45, 7) is 2.78. The minimum atomic E-state index is -0.458. The largest absolute Gasteiger partial charge is 0.491 e. The van der Waals surface area contributed by atoms with Crippen LogP contribution in [0.3, 0.4) is 0 Å². The van der Waals surface area contributed by atoms with Gasteiger partial charge in [0.15, 0.2) is 5.78 Å². The van der Waals surface area contributed by atoms with Crippen molar-refractivity contribution in [3.05, 3.63) is 59.7 Å². The smallest absolute Gasteiger partial charge is 0.338 e. The van der Waals surface area contributed by atoms with Crippen LogP contribution < -0.4 is 9.47 Å². The zero-order valence-electron chi connectivity index (χ0n) is 14.9. The van der Waals surface area contributed by atoms with Crippen LogP contribution in [-0.2, 0) is 9.47 Å². The minimum absolute atomic E-state index is 0.0493. The highest BCUT2D eigenvalue weighted by Crippen LogP contribution is 2.19. The van der Waals surface area contributed by atoms with Crippen LogP contribution in [0.1, 0.15) is 27.6 Å². The number of benzene rings is 2. The number of Topliss-reactive ketones (excluding diaryl/α,β-unsaturated/α-hetero) is 1. The molecule has 0 atom stereocenters. The zero-order valence-corrected chi connectivity index (χ0v) is 14.9. The molecular weight excluding hydrogens is 336 g/mol. The lowest BCUT2D eigenvalue weighted by Crippen LogP contribution is -2.12. The summed E-state index contributed by atoms with van der Waals surface area (Å²) in [6.07, 6.45) is 0. The third-order valence-corrected chi connectivity index (χ3v) is 3.47. The van der Waals surface area contributed by atoms with E-state index < -0.39 is 5.97 Å². The Morgan fingerprint density at radius 1 is 0.808 bits per heavy atom. The van der Waals surface area contributed by atoms with Gasteiger partial charge in [-0.2, -0.15) is 0 Å². The van der Waals surface area contributed by atoms with E-state index in [4.69, 9.17) is 18.9 Å². The van der Waals surface area contributed by atoms with Crippen molar-refractivity contribution < 1.29 is 28.5 Å². The molecule has 2 rings (SSSR count). The molecule has 0 unspecified atom stereocenters. The van der Waals surface area contributed by atoms with Gasteiger partial charge in [-0.15, -0.1) is 0 Å². The van der Waals surface area contributed by atoms with Gasteiger partial charge in [0.05, 0.1) is 12.2 Å². The quantitative estimate of drug-likeness (QED) is 0.369. The summed E-state index contributed by atoms with van der Waals surface area (Å²) in [7, 11) is 1.61. The molecule has 0 saturated heterocycles. The maximum atomic E-state index is 11.9. The Balaban J connectivity index is 1.75. The average molecular weight is 358 g/mol. The van der Waals surface area contributed by atoms with Crippen molar-refractivity contribution in [3.8, 4) is 11.5 Å². The predicted molar refractivity (Wildman–Crippen MR) is 96.0 cm³/mol. The predicted octanol–water partition coefficient (Wildman–Crippen LogP) is 3.15. The standard InChI is InChI=1S/C20H22O6/c1-15(21)16-6-8-17(9-7-16)20(22)26-13-12-25-19-5-3-4-18(14-19)24-11-10-23-2/h3-9,14H,10-13H2,1-2H3. The van der Waals surface area contributed by atoms with Crippen LogP contribution in [-0.4, -0.2) is 45.3 Å². The summed E-state index contributed by atoms with van der Waals surface area (Å²) in [5.41, 5.74) is 0.945. The molecule has 0 aromatic heterocycles. The molecule has 0 bridgehead atoms. The summed E-state index contributed by atoms with van der Waals surface area (Å²) in [5, 5.41) is 0. The maximum absolute atomic E-state index is 11.9. The van der Waals surface area contributed by atoms with E-state index in [-0.39, 0.29) is 19.0 Å². The van der Waals surface area contributed by atoms with Gasteiger partial charge in [-0.3, -0.25) is 4.79 Å². The van der Waals surface area contributed by atoms with Gasteiger partial charge in [0.25, 0.3) is 0 Å². The number of hydrogen-bond acceptors (Lipinski definition) is 6. The van der Waals surface area contributed by atoms with Crippen LogP contribution in [0.25, 0.3) is 0 Å². The minimum Gasteiger partial charge on any atom is -0.491 e. The molecule has 26 heavy (non-hydrogen) atoms. The molecular formula is C20H22O6. The van der Waals surface area contributed by atoms with E-state index in [1.54, 1.807) is 43.5 Å². The fraction of sp³-hybridized carbons (Fsp3) is 0.300. The molecule has 0 aliphatic heterocycles. The van der Waals surface area contributed by atoms with E-state index in [0.29, 0.717) is 35.8 Å². The molecule has 0 spiro atoms. The molecule has 2 aromatic rings. The van der Waals surface area contributed by atoms with Gasteiger partial charge >= 0.3 is 5.97 Å². The van der Waals surface area contributed by atoms with Gasteiger partial charge in [0.1, 0.15) is 31.3 Å². The Morgan fingerprint density at radius 3 is 1.96 bits per heavy atom. The summed E-state index contributed by atoms with van der Waals surface area (Å²) in [4.78, 5) is 23.2. The average Bonchev–Trinajstić information content (AvgIpc) is 2.66. The first-order chi connectivity index (χ1) is 12.6. The number of methoxy groups -OCH3 is 1. The van der Waals surface area contributed by atoms with Gasteiger partial charge in [-0.25, -0.2) is 4.79 Å². The van der Waals surface area contributed by atoms with Crippen molar-refractivity contribution in [3.63, 3.8) is 0 Å². The van der Waals surface area contributed by atoms with Crippen LogP contribution in [0.4, 0.5) is 0 Å². The van der Waals surface area contributed by atoms with E-state index in [0.717, 1.165) is 0 Å². The molecule has 6 heteroatoms. The summed E-state index contributed by atoms with van der Waals surface area (Å²) in [6, 6.07) is 13.5. The van der Waals surface area contributed by atoms with Gasteiger partial charge in [0, 0.05) is 18.7 Å². The first kappa shape index (κ1) is 19.5. The molecule has 0 fully saturated rings. The normalized spacial score (nSPS) is 10.2. The van der Waals surface area contributed by atoms with Gasteiger partial charge < -0.3 is 18.9 Å². The first-order valence-electron chi connectivity index (χ1n) is 8.23. The Kier molecular flexibility index (Phi) is 7.64. The van der Waals surface area contributed by atoms with Crippen LogP contribution >= 0.6 is 0 Å². The maximum Gasteiger partial charge on any atom is 0.338 e. The van der Waals surface area contributed by atoms with Crippen LogP contribution in [0, 0.1) is 0 Å².